The minimum Gasteiger partial charge on any atom is -0.309 e. The molecule has 0 spiro atoms. The molecule has 0 saturated heterocycles. The van der Waals surface area contributed by atoms with E-state index in [-0.39, 0.29) is 0 Å². The summed E-state index contributed by atoms with van der Waals surface area (Å²) < 4.78 is 2.42. The maximum absolute atomic E-state index is 2.42. The fourth-order valence-corrected chi connectivity index (χ4v) is 7.83. The molecule has 10 aromatic rings. The van der Waals surface area contributed by atoms with Gasteiger partial charge in [-0.2, -0.15) is 0 Å². The standard InChI is InChI=1S/C48H31N/c1-3-11-32(12-4-1)36-22-27-46-44(29-36)45-30-37(33-13-5-2-6-14-33)23-28-47(45)49(46)39-24-19-35(20-25-39)48-41-18-10-8-16-38(41)31-43-40-17-9-7-15-34(40)21-26-42(43)48/h1-31H. The van der Waals surface area contributed by atoms with Gasteiger partial charge in [0.2, 0.25) is 0 Å². The van der Waals surface area contributed by atoms with Crippen LogP contribution in [0.15, 0.2) is 188 Å². The van der Waals surface area contributed by atoms with E-state index in [4.69, 9.17) is 0 Å². The Balaban J connectivity index is 1.18. The second kappa shape index (κ2) is 11.1. The Morgan fingerprint density at radius 2 is 0.796 bits per heavy atom. The van der Waals surface area contributed by atoms with Crippen molar-refractivity contribution in [3.05, 3.63) is 188 Å². The minimum absolute atomic E-state index is 1.15. The Hall–Kier alpha value is -6.44. The molecule has 49 heavy (non-hydrogen) atoms. The van der Waals surface area contributed by atoms with Gasteiger partial charge in [-0.1, -0.05) is 146 Å². The summed E-state index contributed by atoms with van der Waals surface area (Å²) in [4.78, 5) is 0. The van der Waals surface area contributed by atoms with Gasteiger partial charge in [0.25, 0.3) is 0 Å². The first kappa shape index (κ1) is 27.7. The van der Waals surface area contributed by atoms with Crippen molar-refractivity contribution in [1.82, 2.24) is 4.57 Å². The van der Waals surface area contributed by atoms with Gasteiger partial charge in [0.15, 0.2) is 0 Å². The molecule has 0 amide bonds. The zero-order chi connectivity index (χ0) is 32.3. The zero-order valence-corrected chi connectivity index (χ0v) is 26.8. The quantitative estimate of drug-likeness (QED) is 0.136. The second-order valence-electron chi connectivity index (χ2n) is 12.9. The third kappa shape index (κ3) is 4.47. The summed E-state index contributed by atoms with van der Waals surface area (Å²) in [6, 6.07) is 68.8. The van der Waals surface area contributed by atoms with Crippen LogP contribution in [0.25, 0.3) is 93.2 Å². The Labute approximate surface area is 284 Å². The topological polar surface area (TPSA) is 4.93 Å². The number of fused-ring (bicyclic) bond motifs is 7. The molecule has 1 nitrogen and oxygen atoms in total. The van der Waals surface area contributed by atoms with Gasteiger partial charge >= 0.3 is 0 Å². The third-order valence-corrected chi connectivity index (χ3v) is 10.2. The van der Waals surface area contributed by atoms with Crippen LogP contribution < -0.4 is 0 Å². The summed E-state index contributed by atoms with van der Waals surface area (Å²) in [6.45, 7) is 0. The smallest absolute Gasteiger partial charge is 0.0541 e. The fourth-order valence-electron chi connectivity index (χ4n) is 7.83. The van der Waals surface area contributed by atoms with Gasteiger partial charge in [-0.25, -0.2) is 0 Å². The van der Waals surface area contributed by atoms with Gasteiger partial charge in [0.1, 0.15) is 0 Å². The van der Waals surface area contributed by atoms with Crippen molar-refractivity contribution in [2.24, 2.45) is 0 Å². The molecule has 1 heterocycles. The number of hydrogen-bond acceptors (Lipinski definition) is 0. The first-order chi connectivity index (χ1) is 24.3. The van der Waals surface area contributed by atoms with Crippen molar-refractivity contribution in [3.8, 4) is 39.1 Å². The highest BCUT2D eigenvalue weighted by Crippen LogP contribution is 2.41. The van der Waals surface area contributed by atoms with Crippen molar-refractivity contribution in [3.63, 3.8) is 0 Å². The average Bonchev–Trinajstić information content (AvgIpc) is 3.50. The Morgan fingerprint density at radius 1 is 0.265 bits per heavy atom. The Morgan fingerprint density at radius 3 is 1.43 bits per heavy atom. The Kier molecular flexibility index (Phi) is 6.25. The average molecular weight is 622 g/mol. The highest BCUT2D eigenvalue weighted by Gasteiger charge is 2.16. The molecule has 9 aromatic carbocycles. The van der Waals surface area contributed by atoms with Crippen molar-refractivity contribution < 1.29 is 0 Å². The summed E-state index contributed by atoms with van der Waals surface area (Å²) in [5, 5.41) is 10.2. The summed E-state index contributed by atoms with van der Waals surface area (Å²) in [5.74, 6) is 0. The van der Waals surface area contributed by atoms with Gasteiger partial charge in [-0.3, -0.25) is 0 Å². The predicted molar refractivity (Wildman–Crippen MR) is 210 cm³/mol. The Bertz CT molecular complexity index is 2750. The van der Waals surface area contributed by atoms with E-state index in [9.17, 15) is 0 Å². The zero-order valence-electron chi connectivity index (χ0n) is 26.8. The molecule has 10 rings (SSSR count). The number of nitrogens with zero attached hydrogens (tertiary/aromatic N) is 1. The molecule has 1 heteroatoms. The number of aromatic nitrogens is 1. The van der Waals surface area contributed by atoms with Crippen molar-refractivity contribution in [2.45, 2.75) is 0 Å². The summed E-state index contributed by atoms with van der Waals surface area (Å²) in [7, 11) is 0. The molecule has 0 fully saturated rings. The largest absolute Gasteiger partial charge is 0.309 e. The number of hydrogen-bond donors (Lipinski definition) is 0. The van der Waals surface area contributed by atoms with Crippen molar-refractivity contribution in [2.75, 3.05) is 0 Å². The first-order valence-corrected chi connectivity index (χ1v) is 16.9. The highest BCUT2D eigenvalue weighted by atomic mass is 15.0. The maximum atomic E-state index is 2.42. The van der Waals surface area contributed by atoms with Gasteiger partial charge in [0, 0.05) is 16.5 Å². The van der Waals surface area contributed by atoms with E-state index in [0.29, 0.717) is 0 Å². The molecule has 0 unspecified atom stereocenters. The lowest BCUT2D eigenvalue weighted by Crippen LogP contribution is -1.94. The predicted octanol–water partition coefficient (Wildman–Crippen LogP) is 13.2. The first-order valence-electron chi connectivity index (χ1n) is 16.9. The van der Waals surface area contributed by atoms with E-state index in [1.165, 1.54) is 87.5 Å². The highest BCUT2D eigenvalue weighted by molar-refractivity contribution is 6.20. The van der Waals surface area contributed by atoms with E-state index < -0.39 is 0 Å². The monoisotopic (exact) mass is 621 g/mol. The molecule has 228 valence electrons. The van der Waals surface area contributed by atoms with Crippen LogP contribution in [-0.2, 0) is 0 Å². The summed E-state index contributed by atoms with van der Waals surface area (Å²) in [6.07, 6.45) is 0. The molecule has 0 aliphatic rings. The molecule has 0 atom stereocenters. The lowest BCUT2D eigenvalue weighted by molar-refractivity contribution is 1.18. The molecule has 0 N–H and O–H groups in total. The fraction of sp³-hybridized carbons (Fsp3) is 0. The van der Waals surface area contributed by atoms with Crippen LogP contribution in [0.4, 0.5) is 0 Å². The van der Waals surface area contributed by atoms with E-state index in [1.807, 2.05) is 0 Å². The normalized spacial score (nSPS) is 11.7. The third-order valence-electron chi connectivity index (χ3n) is 10.2. The molecule has 0 saturated carbocycles. The molecular weight excluding hydrogens is 591 g/mol. The van der Waals surface area contributed by atoms with Crippen LogP contribution in [0, 0.1) is 0 Å². The van der Waals surface area contributed by atoms with Crippen LogP contribution in [0.1, 0.15) is 0 Å². The maximum Gasteiger partial charge on any atom is 0.0541 e. The van der Waals surface area contributed by atoms with Gasteiger partial charge in [-0.05, 0) is 108 Å². The molecule has 0 bridgehead atoms. The van der Waals surface area contributed by atoms with Crippen LogP contribution in [0.2, 0.25) is 0 Å². The second-order valence-corrected chi connectivity index (χ2v) is 12.9. The number of benzene rings is 9. The van der Waals surface area contributed by atoms with Crippen molar-refractivity contribution >= 4 is 54.1 Å². The van der Waals surface area contributed by atoms with E-state index in [0.717, 1.165) is 5.69 Å². The van der Waals surface area contributed by atoms with Gasteiger partial charge < -0.3 is 4.57 Å². The van der Waals surface area contributed by atoms with Crippen LogP contribution in [0.5, 0.6) is 0 Å². The molecule has 0 aliphatic heterocycles. The molecular formula is C48H31N. The summed E-state index contributed by atoms with van der Waals surface area (Å²) in [5.41, 5.74) is 11.0. The van der Waals surface area contributed by atoms with Crippen molar-refractivity contribution in [1.29, 1.82) is 0 Å². The summed E-state index contributed by atoms with van der Waals surface area (Å²) >= 11 is 0. The lowest BCUT2D eigenvalue weighted by Gasteiger charge is -2.15. The van der Waals surface area contributed by atoms with E-state index in [2.05, 4.69) is 193 Å². The van der Waals surface area contributed by atoms with E-state index in [1.54, 1.807) is 0 Å². The lowest BCUT2D eigenvalue weighted by atomic mass is 9.90. The van der Waals surface area contributed by atoms with Gasteiger partial charge in [-0.15, -0.1) is 0 Å². The minimum atomic E-state index is 1.15. The van der Waals surface area contributed by atoms with Crippen LogP contribution in [-0.4, -0.2) is 4.57 Å². The van der Waals surface area contributed by atoms with Gasteiger partial charge in [0.05, 0.1) is 11.0 Å². The molecule has 1 aromatic heterocycles. The van der Waals surface area contributed by atoms with E-state index >= 15 is 0 Å². The molecule has 0 radical (unpaired) electrons. The number of rotatable bonds is 4. The van der Waals surface area contributed by atoms with Crippen LogP contribution in [0.3, 0.4) is 0 Å². The van der Waals surface area contributed by atoms with Crippen LogP contribution >= 0.6 is 0 Å². The SMILES string of the molecule is c1ccc(-c2ccc3c(c2)c2cc(-c4ccccc4)ccc2n3-c2ccc(-c3c4ccccc4cc4c3ccc3ccccc34)cc2)cc1. The molecule has 0 aliphatic carbocycles.